The molecular weight excluding hydrogens is 319 g/mol. The van der Waals surface area contributed by atoms with Crippen LogP contribution in [0.2, 0.25) is 0 Å². The number of hydrogen-bond donors (Lipinski definition) is 0. The summed E-state index contributed by atoms with van der Waals surface area (Å²) in [4.78, 5) is 13.0. The Morgan fingerprint density at radius 1 is 1.28 bits per heavy atom. The topological polar surface area (TPSA) is 58.0 Å². The Bertz CT molecular complexity index is 872. The van der Waals surface area contributed by atoms with E-state index in [0.717, 1.165) is 48.5 Å². The summed E-state index contributed by atoms with van der Waals surface area (Å²) in [6.45, 7) is 1.75. The van der Waals surface area contributed by atoms with Crippen LogP contribution in [-0.2, 0) is 0 Å². The standard InChI is InChI=1S/C18H19FN6/c1-24(18-15-10-13(19)6-7-16(15)20-12-21-18)11-14-4-3-9-25(14)17-5-2-8-22-23-17/h2,5-8,10,12,14H,3-4,9,11H2,1H3. The van der Waals surface area contributed by atoms with Crippen molar-refractivity contribution in [2.75, 3.05) is 29.9 Å². The predicted molar refractivity (Wildman–Crippen MR) is 95.2 cm³/mol. The van der Waals surface area contributed by atoms with Crippen LogP contribution in [0.1, 0.15) is 12.8 Å². The summed E-state index contributed by atoms with van der Waals surface area (Å²) in [6, 6.07) is 8.82. The van der Waals surface area contributed by atoms with Crippen LogP contribution < -0.4 is 9.80 Å². The van der Waals surface area contributed by atoms with Crippen LogP contribution in [0.4, 0.5) is 16.0 Å². The molecule has 0 amide bonds. The first-order valence-electron chi connectivity index (χ1n) is 8.38. The second kappa shape index (κ2) is 6.58. The predicted octanol–water partition coefficient (Wildman–Crippen LogP) is 2.66. The molecule has 25 heavy (non-hydrogen) atoms. The van der Waals surface area contributed by atoms with E-state index in [1.165, 1.54) is 18.5 Å². The molecule has 3 aromatic rings. The number of nitrogens with zero attached hydrogens (tertiary/aromatic N) is 6. The second-order valence-corrected chi connectivity index (χ2v) is 6.31. The minimum absolute atomic E-state index is 0.279. The van der Waals surface area contributed by atoms with Crippen molar-refractivity contribution in [1.29, 1.82) is 0 Å². The van der Waals surface area contributed by atoms with E-state index in [2.05, 4.69) is 30.0 Å². The average molecular weight is 338 g/mol. The van der Waals surface area contributed by atoms with Gasteiger partial charge in [0.15, 0.2) is 5.82 Å². The Labute approximate surface area is 145 Å². The Balaban J connectivity index is 1.60. The molecule has 7 heteroatoms. The van der Waals surface area contributed by atoms with Crippen molar-refractivity contribution in [3.63, 3.8) is 0 Å². The highest BCUT2D eigenvalue weighted by Gasteiger charge is 2.27. The Morgan fingerprint density at radius 2 is 2.20 bits per heavy atom. The quantitative estimate of drug-likeness (QED) is 0.729. The summed E-state index contributed by atoms with van der Waals surface area (Å²) in [6.07, 6.45) is 5.41. The van der Waals surface area contributed by atoms with E-state index in [1.807, 2.05) is 19.2 Å². The molecule has 0 bridgehead atoms. The number of halogens is 1. The highest BCUT2D eigenvalue weighted by Crippen LogP contribution is 2.27. The summed E-state index contributed by atoms with van der Waals surface area (Å²) < 4.78 is 13.7. The van der Waals surface area contributed by atoms with Gasteiger partial charge in [-0.25, -0.2) is 14.4 Å². The molecule has 0 spiro atoms. The number of benzene rings is 1. The minimum Gasteiger partial charge on any atom is -0.357 e. The zero-order chi connectivity index (χ0) is 17.2. The molecule has 4 rings (SSSR count). The molecule has 1 aliphatic heterocycles. The molecule has 128 valence electrons. The van der Waals surface area contributed by atoms with Gasteiger partial charge in [0.2, 0.25) is 0 Å². The van der Waals surface area contributed by atoms with Crippen LogP contribution in [0.15, 0.2) is 42.9 Å². The zero-order valence-corrected chi connectivity index (χ0v) is 14.0. The molecule has 6 nitrogen and oxygen atoms in total. The number of anilines is 2. The van der Waals surface area contributed by atoms with E-state index < -0.39 is 0 Å². The fourth-order valence-electron chi connectivity index (χ4n) is 3.50. The summed E-state index contributed by atoms with van der Waals surface area (Å²) in [5.41, 5.74) is 0.746. The largest absolute Gasteiger partial charge is 0.357 e. The molecule has 0 aliphatic carbocycles. The van der Waals surface area contributed by atoms with Gasteiger partial charge in [-0.3, -0.25) is 0 Å². The van der Waals surface area contributed by atoms with Crippen LogP contribution in [0.5, 0.6) is 0 Å². The van der Waals surface area contributed by atoms with Gasteiger partial charge >= 0.3 is 0 Å². The number of likely N-dealkylation sites (N-methyl/N-ethyl adjacent to an activating group) is 1. The highest BCUT2D eigenvalue weighted by atomic mass is 19.1. The molecule has 0 N–H and O–H groups in total. The second-order valence-electron chi connectivity index (χ2n) is 6.31. The number of fused-ring (bicyclic) bond motifs is 1. The number of hydrogen-bond acceptors (Lipinski definition) is 6. The van der Waals surface area contributed by atoms with E-state index in [1.54, 1.807) is 12.3 Å². The molecule has 1 aromatic carbocycles. The third-order valence-electron chi connectivity index (χ3n) is 4.65. The highest BCUT2D eigenvalue weighted by molar-refractivity contribution is 5.89. The summed E-state index contributed by atoms with van der Waals surface area (Å²) in [7, 11) is 1.99. The monoisotopic (exact) mass is 338 g/mol. The van der Waals surface area contributed by atoms with E-state index in [0.29, 0.717) is 6.04 Å². The van der Waals surface area contributed by atoms with Crippen molar-refractivity contribution >= 4 is 22.5 Å². The van der Waals surface area contributed by atoms with Crippen molar-refractivity contribution in [2.45, 2.75) is 18.9 Å². The molecule has 0 radical (unpaired) electrons. The summed E-state index contributed by atoms with van der Waals surface area (Å²) in [5.74, 6) is 1.37. The number of aromatic nitrogens is 4. The molecule has 2 aromatic heterocycles. The minimum atomic E-state index is -0.279. The van der Waals surface area contributed by atoms with Crippen molar-refractivity contribution < 1.29 is 4.39 Å². The molecule has 1 aliphatic rings. The summed E-state index contributed by atoms with van der Waals surface area (Å²) >= 11 is 0. The normalized spacial score (nSPS) is 17.2. The third kappa shape index (κ3) is 3.09. The van der Waals surface area contributed by atoms with Gasteiger partial charge in [0.25, 0.3) is 0 Å². The first kappa shape index (κ1) is 15.7. The van der Waals surface area contributed by atoms with E-state index in [9.17, 15) is 4.39 Å². The lowest BCUT2D eigenvalue weighted by molar-refractivity contribution is 0.629. The van der Waals surface area contributed by atoms with Gasteiger partial charge in [0.05, 0.1) is 5.52 Å². The van der Waals surface area contributed by atoms with Gasteiger partial charge in [-0.1, -0.05) is 0 Å². The Kier molecular flexibility index (Phi) is 4.13. The lowest BCUT2D eigenvalue weighted by Crippen LogP contribution is -2.39. The Hall–Kier alpha value is -2.83. The van der Waals surface area contributed by atoms with Gasteiger partial charge in [-0.05, 0) is 43.2 Å². The fraction of sp³-hybridized carbons (Fsp3) is 0.333. The maximum Gasteiger partial charge on any atom is 0.151 e. The van der Waals surface area contributed by atoms with E-state index in [4.69, 9.17) is 0 Å². The maximum absolute atomic E-state index is 13.7. The fourth-order valence-corrected chi connectivity index (χ4v) is 3.50. The first-order valence-corrected chi connectivity index (χ1v) is 8.38. The van der Waals surface area contributed by atoms with Gasteiger partial charge in [0, 0.05) is 37.8 Å². The lowest BCUT2D eigenvalue weighted by Gasteiger charge is -2.30. The molecule has 1 atom stereocenters. The lowest BCUT2D eigenvalue weighted by atomic mass is 10.2. The maximum atomic E-state index is 13.7. The zero-order valence-electron chi connectivity index (χ0n) is 14.0. The van der Waals surface area contributed by atoms with Crippen LogP contribution in [0, 0.1) is 5.82 Å². The molecular formula is C18H19FN6. The average Bonchev–Trinajstić information content (AvgIpc) is 3.10. The van der Waals surface area contributed by atoms with Crippen LogP contribution in [-0.4, -0.2) is 46.3 Å². The Morgan fingerprint density at radius 3 is 3.04 bits per heavy atom. The van der Waals surface area contributed by atoms with Crippen LogP contribution in [0.3, 0.4) is 0 Å². The van der Waals surface area contributed by atoms with Gasteiger partial charge in [-0.15, -0.1) is 5.10 Å². The van der Waals surface area contributed by atoms with Crippen molar-refractivity contribution in [1.82, 2.24) is 20.2 Å². The summed E-state index contributed by atoms with van der Waals surface area (Å²) in [5, 5.41) is 8.95. The molecule has 3 heterocycles. The molecule has 0 saturated carbocycles. The smallest absolute Gasteiger partial charge is 0.151 e. The van der Waals surface area contributed by atoms with Crippen molar-refractivity contribution in [3.8, 4) is 0 Å². The number of rotatable bonds is 4. The van der Waals surface area contributed by atoms with Crippen LogP contribution in [0.25, 0.3) is 10.9 Å². The van der Waals surface area contributed by atoms with Gasteiger partial charge < -0.3 is 9.80 Å². The van der Waals surface area contributed by atoms with Crippen LogP contribution >= 0.6 is 0 Å². The first-order chi connectivity index (χ1) is 12.2. The third-order valence-corrected chi connectivity index (χ3v) is 4.65. The SMILES string of the molecule is CN(CC1CCCN1c1cccnn1)c1ncnc2ccc(F)cc12. The van der Waals surface area contributed by atoms with E-state index >= 15 is 0 Å². The van der Waals surface area contributed by atoms with Gasteiger partial charge in [0.1, 0.15) is 18.0 Å². The molecule has 1 fully saturated rings. The van der Waals surface area contributed by atoms with Gasteiger partial charge in [-0.2, -0.15) is 5.10 Å². The van der Waals surface area contributed by atoms with Crippen molar-refractivity contribution in [3.05, 3.63) is 48.7 Å². The van der Waals surface area contributed by atoms with Crippen molar-refractivity contribution in [2.24, 2.45) is 0 Å². The molecule has 1 saturated heterocycles. The molecule has 1 unspecified atom stereocenters. The van der Waals surface area contributed by atoms with E-state index in [-0.39, 0.29) is 5.82 Å².